The molecule has 0 bridgehead atoms. The third-order valence-electron chi connectivity index (χ3n) is 2.88. The number of aliphatic hydroxyl groups is 1. The molecular weight excluding hydrogens is 275 g/mol. The fraction of sp³-hybridized carbons (Fsp3) is 0.500. The summed E-state index contributed by atoms with van der Waals surface area (Å²) >= 11 is 11.5. The molecule has 0 aliphatic carbocycles. The van der Waals surface area contributed by atoms with Crippen molar-refractivity contribution in [1.82, 2.24) is 10.3 Å². The van der Waals surface area contributed by atoms with Crippen molar-refractivity contribution in [3.05, 3.63) is 28.0 Å². The van der Waals surface area contributed by atoms with Crippen LogP contribution in [0.3, 0.4) is 0 Å². The van der Waals surface area contributed by atoms with Crippen molar-refractivity contribution in [1.29, 1.82) is 0 Å². The number of nitrogens with zero attached hydrogens (tertiary/aromatic N) is 1. The van der Waals surface area contributed by atoms with Crippen LogP contribution >= 0.6 is 23.2 Å². The van der Waals surface area contributed by atoms with E-state index in [1.807, 2.05) is 13.8 Å². The number of aromatic nitrogens is 1. The van der Waals surface area contributed by atoms with Crippen molar-refractivity contribution < 1.29 is 9.90 Å². The molecule has 0 radical (unpaired) electrons. The normalized spacial score (nSPS) is 14.1. The SMILES string of the molecule is CCC(C)(CCO)NC(=O)c1cc(Cl)nc(Cl)c1. The number of hydrogen-bond acceptors (Lipinski definition) is 3. The van der Waals surface area contributed by atoms with Gasteiger partial charge in [0.15, 0.2) is 0 Å². The third kappa shape index (κ3) is 4.12. The number of pyridine rings is 1. The molecule has 18 heavy (non-hydrogen) atoms. The van der Waals surface area contributed by atoms with Gasteiger partial charge in [-0.05, 0) is 31.9 Å². The molecule has 1 atom stereocenters. The number of carbonyl (C=O) groups is 1. The summed E-state index contributed by atoms with van der Waals surface area (Å²) in [7, 11) is 0. The minimum Gasteiger partial charge on any atom is -0.396 e. The lowest BCUT2D eigenvalue weighted by molar-refractivity contribution is 0.0886. The first-order valence-electron chi connectivity index (χ1n) is 5.66. The van der Waals surface area contributed by atoms with E-state index in [0.717, 1.165) is 0 Å². The van der Waals surface area contributed by atoms with Crippen LogP contribution in [-0.4, -0.2) is 28.1 Å². The second-order valence-electron chi connectivity index (χ2n) is 4.34. The summed E-state index contributed by atoms with van der Waals surface area (Å²) in [5.74, 6) is -0.279. The van der Waals surface area contributed by atoms with E-state index < -0.39 is 5.54 Å². The van der Waals surface area contributed by atoms with E-state index in [9.17, 15) is 4.79 Å². The second-order valence-corrected chi connectivity index (χ2v) is 5.12. The van der Waals surface area contributed by atoms with E-state index >= 15 is 0 Å². The Kier molecular flexibility index (Phi) is 5.38. The molecule has 0 aliphatic rings. The fourth-order valence-corrected chi connectivity index (χ4v) is 1.98. The Morgan fingerprint density at radius 3 is 2.44 bits per heavy atom. The van der Waals surface area contributed by atoms with Gasteiger partial charge >= 0.3 is 0 Å². The molecule has 0 aromatic carbocycles. The summed E-state index contributed by atoms with van der Waals surface area (Å²) in [5.41, 5.74) is -0.0914. The summed E-state index contributed by atoms with van der Waals surface area (Å²) in [6.07, 6.45) is 1.20. The molecule has 0 fully saturated rings. The van der Waals surface area contributed by atoms with E-state index in [1.54, 1.807) is 0 Å². The molecule has 1 unspecified atom stereocenters. The van der Waals surface area contributed by atoms with E-state index in [2.05, 4.69) is 10.3 Å². The van der Waals surface area contributed by atoms with Gasteiger partial charge in [0.2, 0.25) is 0 Å². The van der Waals surface area contributed by atoms with Crippen LogP contribution in [0.1, 0.15) is 37.0 Å². The molecule has 1 aromatic heterocycles. The predicted octanol–water partition coefficient (Wildman–Crippen LogP) is 2.67. The van der Waals surface area contributed by atoms with Gasteiger partial charge in [0.25, 0.3) is 5.91 Å². The minimum atomic E-state index is -0.450. The molecule has 0 saturated carbocycles. The standard InChI is InChI=1S/C12H16Cl2N2O2/c1-3-12(2,4-5-17)16-11(18)8-6-9(13)15-10(14)7-8/h6-7,17H,3-5H2,1-2H3,(H,16,18). The van der Waals surface area contributed by atoms with Crippen LogP contribution < -0.4 is 5.32 Å². The molecule has 1 rings (SSSR count). The second kappa shape index (κ2) is 6.36. The van der Waals surface area contributed by atoms with Crippen LogP contribution in [0.25, 0.3) is 0 Å². The zero-order valence-corrected chi connectivity index (χ0v) is 11.8. The highest BCUT2D eigenvalue weighted by molar-refractivity contribution is 6.33. The lowest BCUT2D eigenvalue weighted by atomic mass is 9.94. The Morgan fingerprint density at radius 2 is 2.00 bits per heavy atom. The van der Waals surface area contributed by atoms with Crippen LogP contribution in [0.5, 0.6) is 0 Å². The molecule has 2 N–H and O–H groups in total. The zero-order chi connectivity index (χ0) is 13.8. The van der Waals surface area contributed by atoms with Gasteiger partial charge in [0.1, 0.15) is 10.3 Å². The Bertz CT molecular complexity index is 420. The van der Waals surface area contributed by atoms with Gasteiger partial charge in [-0.15, -0.1) is 0 Å². The first kappa shape index (κ1) is 15.2. The Morgan fingerprint density at radius 1 is 1.44 bits per heavy atom. The highest BCUT2D eigenvalue weighted by Gasteiger charge is 2.24. The van der Waals surface area contributed by atoms with Gasteiger partial charge in [-0.1, -0.05) is 30.1 Å². The molecule has 1 heterocycles. The van der Waals surface area contributed by atoms with Crippen molar-refractivity contribution in [2.45, 2.75) is 32.2 Å². The molecule has 6 heteroatoms. The van der Waals surface area contributed by atoms with E-state index in [0.29, 0.717) is 18.4 Å². The smallest absolute Gasteiger partial charge is 0.251 e. The number of aliphatic hydroxyl groups excluding tert-OH is 1. The van der Waals surface area contributed by atoms with Gasteiger partial charge in [0.05, 0.1) is 0 Å². The van der Waals surface area contributed by atoms with Crippen LogP contribution in [0, 0.1) is 0 Å². The van der Waals surface area contributed by atoms with E-state index in [-0.39, 0.29) is 22.8 Å². The Labute approximate surface area is 116 Å². The quantitative estimate of drug-likeness (QED) is 0.820. The molecular formula is C12H16Cl2N2O2. The first-order chi connectivity index (χ1) is 8.40. The lowest BCUT2D eigenvalue weighted by Gasteiger charge is -2.29. The predicted molar refractivity (Wildman–Crippen MR) is 72.1 cm³/mol. The van der Waals surface area contributed by atoms with Crippen molar-refractivity contribution >= 4 is 29.1 Å². The number of nitrogens with one attached hydrogen (secondary N) is 1. The summed E-state index contributed by atoms with van der Waals surface area (Å²) in [4.78, 5) is 15.8. The highest BCUT2D eigenvalue weighted by atomic mass is 35.5. The van der Waals surface area contributed by atoms with Gasteiger partial charge in [-0.3, -0.25) is 4.79 Å². The molecule has 4 nitrogen and oxygen atoms in total. The summed E-state index contributed by atoms with van der Waals surface area (Å²) in [6, 6.07) is 2.91. The largest absolute Gasteiger partial charge is 0.396 e. The number of rotatable bonds is 5. The van der Waals surface area contributed by atoms with Crippen LogP contribution in [0.2, 0.25) is 10.3 Å². The molecule has 0 saturated heterocycles. The van der Waals surface area contributed by atoms with Crippen LogP contribution in [0.4, 0.5) is 0 Å². The van der Waals surface area contributed by atoms with Crippen molar-refractivity contribution in [3.8, 4) is 0 Å². The molecule has 0 aliphatic heterocycles. The molecule has 1 aromatic rings. The van der Waals surface area contributed by atoms with Crippen molar-refractivity contribution in [2.75, 3.05) is 6.61 Å². The first-order valence-corrected chi connectivity index (χ1v) is 6.42. The Hall–Kier alpha value is -0.840. The maximum atomic E-state index is 12.1. The van der Waals surface area contributed by atoms with Gasteiger partial charge in [-0.2, -0.15) is 0 Å². The monoisotopic (exact) mass is 290 g/mol. The average molecular weight is 291 g/mol. The van der Waals surface area contributed by atoms with E-state index in [4.69, 9.17) is 28.3 Å². The summed E-state index contributed by atoms with van der Waals surface area (Å²) in [5, 5.41) is 12.2. The fourth-order valence-electron chi connectivity index (χ4n) is 1.52. The number of hydrogen-bond donors (Lipinski definition) is 2. The maximum absolute atomic E-state index is 12.1. The Balaban J connectivity index is 2.87. The van der Waals surface area contributed by atoms with Crippen molar-refractivity contribution in [3.63, 3.8) is 0 Å². The van der Waals surface area contributed by atoms with Gasteiger partial charge in [-0.25, -0.2) is 4.98 Å². The van der Waals surface area contributed by atoms with E-state index in [1.165, 1.54) is 12.1 Å². The average Bonchev–Trinajstić information content (AvgIpc) is 2.28. The summed E-state index contributed by atoms with van der Waals surface area (Å²) < 4.78 is 0. The zero-order valence-electron chi connectivity index (χ0n) is 10.3. The lowest BCUT2D eigenvalue weighted by Crippen LogP contribution is -2.46. The maximum Gasteiger partial charge on any atom is 0.251 e. The molecule has 100 valence electrons. The number of carbonyl (C=O) groups excluding carboxylic acids is 1. The van der Waals surface area contributed by atoms with Crippen LogP contribution in [-0.2, 0) is 0 Å². The molecule has 0 spiro atoms. The number of halogens is 2. The molecule has 1 amide bonds. The minimum absolute atomic E-state index is 0.0163. The third-order valence-corrected chi connectivity index (χ3v) is 3.27. The number of amides is 1. The van der Waals surface area contributed by atoms with Crippen LogP contribution in [0.15, 0.2) is 12.1 Å². The van der Waals surface area contributed by atoms with Crippen molar-refractivity contribution in [2.24, 2.45) is 0 Å². The summed E-state index contributed by atoms with van der Waals surface area (Å²) in [6.45, 7) is 3.84. The topological polar surface area (TPSA) is 62.2 Å². The highest BCUT2D eigenvalue weighted by Crippen LogP contribution is 2.18. The van der Waals surface area contributed by atoms with Gasteiger partial charge < -0.3 is 10.4 Å². The van der Waals surface area contributed by atoms with Gasteiger partial charge in [0, 0.05) is 17.7 Å².